The Morgan fingerprint density at radius 1 is 1.60 bits per heavy atom. The van der Waals surface area contributed by atoms with E-state index in [1.54, 1.807) is 11.8 Å². The molecule has 0 saturated carbocycles. The second-order valence-corrected chi connectivity index (χ2v) is 5.10. The number of amides is 2. The lowest BCUT2D eigenvalue weighted by atomic mass is 9.97. The summed E-state index contributed by atoms with van der Waals surface area (Å²) in [5, 5.41) is 16.9. The molecule has 1 saturated heterocycles. The fourth-order valence-electron chi connectivity index (χ4n) is 2.26. The quantitative estimate of drug-likeness (QED) is 0.739. The number of likely N-dealkylation sites (tertiary alicyclic amines) is 1. The van der Waals surface area contributed by atoms with E-state index in [4.69, 9.17) is 5.73 Å². The maximum atomic E-state index is 12.1. The van der Waals surface area contributed by atoms with Crippen LogP contribution in [0.2, 0.25) is 0 Å². The highest BCUT2D eigenvalue weighted by Crippen LogP contribution is 2.16. The van der Waals surface area contributed by atoms with Gasteiger partial charge in [0.1, 0.15) is 12.2 Å². The number of carbonyl (C=O) groups excluding carboxylic acids is 2. The average molecular weight is 281 g/mol. The lowest BCUT2D eigenvalue weighted by Gasteiger charge is -2.31. The first kappa shape index (κ1) is 14.4. The number of rotatable bonds is 4. The summed E-state index contributed by atoms with van der Waals surface area (Å²) >= 11 is 0. The normalized spacial score (nSPS) is 20.7. The molecule has 3 N–H and O–H groups in total. The topological polar surface area (TPSA) is 114 Å². The molecule has 1 aromatic rings. The molecule has 20 heavy (non-hydrogen) atoms. The third-order valence-electron chi connectivity index (χ3n) is 3.46. The number of nitrogens with two attached hydrogens (primary N) is 1. The zero-order valence-corrected chi connectivity index (χ0v) is 11.4. The van der Waals surface area contributed by atoms with Crippen LogP contribution in [0.5, 0.6) is 0 Å². The SMILES string of the molecule is CC(O)c1cn(CC(=O)N2CCCC(C(N)=O)C2)nn1. The molecule has 0 aromatic carbocycles. The first-order chi connectivity index (χ1) is 9.47. The van der Waals surface area contributed by atoms with E-state index in [9.17, 15) is 14.7 Å². The number of primary amides is 1. The van der Waals surface area contributed by atoms with Crippen molar-refractivity contribution in [3.05, 3.63) is 11.9 Å². The van der Waals surface area contributed by atoms with Crippen LogP contribution in [0.15, 0.2) is 6.20 Å². The van der Waals surface area contributed by atoms with Crippen molar-refractivity contribution in [2.75, 3.05) is 13.1 Å². The Morgan fingerprint density at radius 2 is 2.35 bits per heavy atom. The van der Waals surface area contributed by atoms with Crippen LogP contribution in [-0.2, 0) is 16.1 Å². The molecule has 0 aliphatic carbocycles. The summed E-state index contributed by atoms with van der Waals surface area (Å²) in [6.45, 7) is 2.62. The van der Waals surface area contributed by atoms with E-state index in [0.717, 1.165) is 12.8 Å². The summed E-state index contributed by atoms with van der Waals surface area (Å²) in [5.74, 6) is -0.755. The number of hydrogen-bond donors (Lipinski definition) is 2. The van der Waals surface area contributed by atoms with Gasteiger partial charge in [-0.05, 0) is 19.8 Å². The van der Waals surface area contributed by atoms with Crippen molar-refractivity contribution in [2.45, 2.75) is 32.4 Å². The molecule has 0 bridgehead atoms. The number of hydrogen-bond acceptors (Lipinski definition) is 5. The van der Waals surface area contributed by atoms with Gasteiger partial charge in [-0.3, -0.25) is 9.59 Å². The van der Waals surface area contributed by atoms with Crippen molar-refractivity contribution in [1.29, 1.82) is 0 Å². The highest BCUT2D eigenvalue weighted by Gasteiger charge is 2.27. The fourth-order valence-corrected chi connectivity index (χ4v) is 2.26. The molecule has 8 heteroatoms. The molecule has 1 aromatic heterocycles. The molecule has 2 rings (SSSR count). The number of aromatic nitrogens is 3. The third-order valence-corrected chi connectivity index (χ3v) is 3.46. The van der Waals surface area contributed by atoms with E-state index >= 15 is 0 Å². The van der Waals surface area contributed by atoms with Crippen molar-refractivity contribution in [3.63, 3.8) is 0 Å². The Kier molecular flexibility index (Phi) is 4.33. The Bertz CT molecular complexity index is 499. The minimum Gasteiger partial charge on any atom is -0.387 e. The van der Waals surface area contributed by atoms with Crippen LogP contribution in [0.25, 0.3) is 0 Å². The first-order valence-corrected chi connectivity index (χ1v) is 6.62. The smallest absolute Gasteiger partial charge is 0.244 e. The van der Waals surface area contributed by atoms with Gasteiger partial charge in [0, 0.05) is 13.1 Å². The summed E-state index contributed by atoms with van der Waals surface area (Å²) in [5.41, 5.74) is 5.71. The zero-order chi connectivity index (χ0) is 14.7. The molecule has 110 valence electrons. The molecule has 1 fully saturated rings. The number of nitrogens with zero attached hydrogens (tertiary/aromatic N) is 4. The van der Waals surface area contributed by atoms with Crippen LogP contribution >= 0.6 is 0 Å². The Morgan fingerprint density at radius 3 is 2.95 bits per heavy atom. The Balaban J connectivity index is 1.95. The molecular formula is C12H19N5O3. The monoisotopic (exact) mass is 281 g/mol. The van der Waals surface area contributed by atoms with Crippen LogP contribution in [0, 0.1) is 5.92 Å². The maximum Gasteiger partial charge on any atom is 0.244 e. The Labute approximate surface area is 116 Å². The standard InChI is InChI=1S/C12H19N5O3/c1-8(18)10-6-17(15-14-10)7-11(19)16-4-2-3-9(5-16)12(13)20/h6,8-9,18H,2-5,7H2,1H3,(H2,13,20). The van der Waals surface area contributed by atoms with Gasteiger partial charge in [-0.2, -0.15) is 0 Å². The van der Waals surface area contributed by atoms with E-state index in [1.807, 2.05) is 0 Å². The third kappa shape index (κ3) is 3.32. The summed E-state index contributed by atoms with van der Waals surface area (Å²) in [6, 6.07) is 0. The van der Waals surface area contributed by atoms with Crippen molar-refractivity contribution in [3.8, 4) is 0 Å². The lowest BCUT2D eigenvalue weighted by Crippen LogP contribution is -2.45. The van der Waals surface area contributed by atoms with Gasteiger partial charge in [0.15, 0.2) is 0 Å². The number of aliphatic hydroxyl groups excluding tert-OH is 1. The molecule has 2 atom stereocenters. The van der Waals surface area contributed by atoms with Crippen LogP contribution < -0.4 is 5.73 Å². The summed E-state index contributed by atoms with van der Waals surface area (Å²) in [6.07, 6.45) is 2.33. The van der Waals surface area contributed by atoms with E-state index in [-0.39, 0.29) is 24.3 Å². The largest absolute Gasteiger partial charge is 0.387 e. The van der Waals surface area contributed by atoms with E-state index < -0.39 is 6.10 Å². The molecule has 8 nitrogen and oxygen atoms in total. The van der Waals surface area contributed by atoms with Crippen LogP contribution in [-0.4, -0.2) is 49.9 Å². The van der Waals surface area contributed by atoms with Gasteiger partial charge in [-0.15, -0.1) is 5.10 Å². The zero-order valence-electron chi connectivity index (χ0n) is 11.4. The van der Waals surface area contributed by atoms with Crippen LogP contribution in [0.4, 0.5) is 0 Å². The highest BCUT2D eigenvalue weighted by atomic mass is 16.3. The van der Waals surface area contributed by atoms with Gasteiger partial charge in [-0.1, -0.05) is 5.21 Å². The van der Waals surface area contributed by atoms with E-state index in [2.05, 4.69) is 10.3 Å². The Hall–Kier alpha value is -1.96. The van der Waals surface area contributed by atoms with E-state index in [0.29, 0.717) is 18.8 Å². The van der Waals surface area contributed by atoms with Crippen molar-refractivity contribution in [1.82, 2.24) is 19.9 Å². The second kappa shape index (κ2) is 6.00. The van der Waals surface area contributed by atoms with Crippen molar-refractivity contribution >= 4 is 11.8 Å². The molecule has 0 spiro atoms. The summed E-state index contributed by atoms with van der Waals surface area (Å²) in [4.78, 5) is 25.0. The molecule has 2 unspecified atom stereocenters. The molecule has 1 aliphatic heterocycles. The average Bonchev–Trinajstić information content (AvgIpc) is 2.87. The molecule has 2 heterocycles. The molecule has 2 amide bonds. The maximum absolute atomic E-state index is 12.1. The minimum absolute atomic E-state index is 0.0468. The predicted molar refractivity (Wildman–Crippen MR) is 69.2 cm³/mol. The second-order valence-electron chi connectivity index (χ2n) is 5.10. The van der Waals surface area contributed by atoms with Crippen LogP contribution in [0.3, 0.4) is 0 Å². The predicted octanol–water partition coefficient (Wildman–Crippen LogP) is -0.945. The van der Waals surface area contributed by atoms with Gasteiger partial charge >= 0.3 is 0 Å². The summed E-state index contributed by atoms with van der Waals surface area (Å²) in [7, 11) is 0. The van der Waals surface area contributed by atoms with Gasteiger partial charge < -0.3 is 15.7 Å². The van der Waals surface area contributed by atoms with Gasteiger partial charge in [-0.25, -0.2) is 4.68 Å². The van der Waals surface area contributed by atoms with Gasteiger partial charge in [0.05, 0.1) is 18.2 Å². The number of carbonyl (C=O) groups is 2. The highest BCUT2D eigenvalue weighted by molar-refractivity contribution is 5.80. The van der Waals surface area contributed by atoms with Crippen LogP contribution in [0.1, 0.15) is 31.6 Å². The molecule has 0 radical (unpaired) electrons. The number of aliphatic hydroxyl groups is 1. The summed E-state index contributed by atoms with van der Waals surface area (Å²) < 4.78 is 1.39. The molecular weight excluding hydrogens is 262 g/mol. The number of piperidine rings is 1. The minimum atomic E-state index is -0.715. The van der Waals surface area contributed by atoms with Crippen molar-refractivity contribution in [2.24, 2.45) is 11.7 Å². The van der Waals surface area contributed by atoms with Gasteiger partial charge in [0.25, 0.3) is 0 Å². The lowest BCUT2D eigenvalue weighted by molar-refractivity contribution is -0.135. The van der Waals surface area contributed by atoms with Gasteiger partial charge in [0.2, 0.25) is 11.8 Å². The first-order valence-electron chi connectivity index (χ1n) is 6.62. The van der Waals surface area contributed by atoms with E-state index in [1.165, 1.54) is 10.9 Å². The molecule has 1 aliphatic rings. The van der Waals surface area contributed by atoms with Crippen molar-refractivity contribution < 1.29 is 14.7 Å². The fraction of sp³-hybridized carbons (Fsp3) is 0.667.